The second-order valence-electron chi connectivity index (χ2n) is 4.66. The number of anilines is 1. The molecule has 108 valence electrons. The number of aromatic nitrogens is 1. The molecule has 2 aromatic rings. The Morgan fingerprint density at radius 1 is 1.38 bits per heavy atom. The van der Waals surface area contributed by atoms with Gasteiger partial charge in [-0.25, -0.2) is 4.98 Å². The molecule has 1 heterocycles. The Bertz CT molecular complexity index is 738. The molecule has 1 aromatic heterocycles. The average Bonchev–Trinajstić information content (AvgIpc) is 2.77. The predicted octanol–water partition coefficient (Wildman–Crippen LogP) is 2.63. The van der Waals surface area contributed by atoms with Crippen LogP contribution in [0.1, 0.15) is 31.5 Å². The van der Waals surface area contributed by atoms with Gasteiger partial charge in [0.25, 0.3) is 5.91 Å². The summed E-state index contributed by atoms with van der Waals surface area (Å²) in [4.78, 5) is 17.3. The van der Waals surface area contributed by atoms with Crippen LogP contribution in [0, 0.1) is 32.6 Å². The molecule has 4 nitrogen and oxygen atoms in total. The molecular formula is C16H17N3OS. The van der Waals surface area contributed by atoms with E-state index in [2.05, 4.69) is 22.1 Å². The minimum absolute atomic E-state index is 0.153. The average molecular weight is 299 g/mol. The lowest BCUT2D eigenvalue weighted by molar-refractivity contribution is 0.103. The van der Waals surface area contributed by atoms with Crippen molar-refractivity contribution in [1.29, 1.82) is 0 Å². The van der Waals surface area contributed by atoms with E-state index in [9.17, 15) is 4.79 Å². The minimum atomic E-state index is -0.153. The Morgan fingerprint density at radius 2 is 2.14 bits per heavy atom. The second kappa shape index (κ2) is 6.53. The molecule has 0 atom stereocenters. The van der Waals surface area contributed by atoms with Crippen molar-refractivity contribution in [3.8, 4) is 11.8 Å². The van der Waals surface area contributed by atoms with Crippen LogP contribution in [0.25, 0.3) is 0 Å². The van der Waals surface area contributed by atoms with Crippen molar-refractivity contribution in [3.05, 3.63) is 44.9 Å². The van der Waals surface area contributed by atoms with E-state index in [1.54, 1.807) is 0 Å². The highest BCUT2D eigenvalue weighted by Gasteiger charge is 2.15. The number of amides is 1. The topological polar surface area (TPSA) is 68.0 Å². The number of rotatable bonds is 2. The predicted molar refractivity (Wildman–Crippen MR) is 86.7 cm³/mol. The molecule has 0 bridgehead atoms. The van der Waals surface area contributed by atoms with Crippen molar-refractivity contribution in [1.82, 2.24) is 4.98 Å². The molecule has 1 aromatic carbocycles. The summed E-state index contributed by atoms with van der Waals surface area (Å²) >= 11 is 1.39. The number of hydrogen-bond acceptors (Lipinski definition) is 4. The molecule has 0 unspecified atom stereocenters. The largest absolute Gasteiger partial charge is 0.320 e. The third-order valence-corrected chi connectivity index (χ3v) is 3.93. The summed E-state index contributed by atoms with van der Waals surface area (Å²) in [5.74, 6) is 5.63. The molecule has 0 saturated heterocycles. The molecule has 0 fully saturated rings. The highest BCUT2D eigenvalue weighted by molar-refractivity contribution is 7.13. The molecule has 5 heteroatoms. The number of benzene rings is 1. The van der Waals surface area contributed by atoms with Crippen LogP contribution >= 0.6 is 11.3 Å². The van der Waals surface area contributed by atoms with Crippen LogP contribution in [-0.2, 0) is 0 Å². The lowest BCUT2D eigenvalue weighted by atomic mass is 10.1. The molecule has 21 heavy (non-hydrogen) atoms. The van der Waals surface area contributed by atoms with Crippen LogP contribution in [0.4, 0.5) is 5.69 Å². The summed E-state index contributed by atoms with van der Waals surface area (Å²) in [6.07, 6.45) is 0. The highest BCUT2D eigenvalue weighted by Crippen LogP contribution is 2.21. The first-order valence-electron chi connectivity index (χ1n) is 6.56. The van der Waals surface area contributed by atoms with Gasteiger partial charge in [-0.1, -0.05) is 17.9 Å². The summed E-state index contributed by atoms with van der Waals surface area (Å²) in [6.45, 7) is 5.98. The van der Waals surface area contributed by atoms with E-state index >= 15 is 0 Å². The van der Waals surface area contributed by atoms with Crippen molar-refractivity contribution in [2.24, 2.45) is 5.73 Å². The fourth-order valence-corrected chi connectivity index (χ4v) is 2.75. The van der Waals surface area contributed by atoms with E-state index in [0.29, 0.717) is 10.6 Å². The molecule has 0 radical (unpaired) electrons. The van der Waals surface area contributed by atoms with Gasteiger partial charge in [0, 0.05) is 5.56 Å². The number of thiazole rings is 1. The van der Waals surface area contributed by atoms with Gasteiger partial charge in [-0.2, -0.15) is 0 Å². The van der Waals surface area contributed by atoms with Gasteiger partial charge in [0.1, 0.15) is 4.88 Å². The lowest BCUT2D eigenvalue weighted by Gasteiger charge is -2.08. The van der Waals surface area contributed by atoms with Crippen LogP contribution in [0.3, 0.4) is 0 Å². The Morgan fingerprint density at radius 3 is 2.76 bits per heavy atom. The number of aryl methyl sites for hydroxylation is 3. The fraction of sp³-hybridized carbons (Fsp3) is 0.250. The molecule has 3 N–H and O–H groups in total. The second-order valence-corrected chi connectivity index (χ2v) is 5.86. The third kappa shape index (κ3) is 3.69. The molecule has 0 aliphatic rings. The van der Waals surface area contributed by atoms with Crippen LogP contribution in [0.5, 0.6) is 0 Å². The van der Waals surface area contributed by atoms with Crippen molar-refractivity contribution in [3.63, 3.8) is 0 Å². The Labute approximate surface area is 128 Å². The van der Waals surface area contributed by atoms with Gasteiger partial charge < -0.3 is 11.1 Å². The first kappa shape index (κ1) is 15.2. The van der Waals surface area contributed by atoms with Crippen molar-refractivity contribution in [2.75, 3.05) is 11.9 Å². The monoisotopic (exact) mass is 299 g/mol. The molecule has 2 rings (SSSR count). The van der Waals surface area contributed by atoms with Crippen molar-refractivity contribution >= 4 is 22.9 Å². The summed E-state index contributed by atoms with van der Waals surface area (Å²) in [6, 6.07) is 5.75. The van der Waals surface area contributed by atoms with E-state index in [4.69, 9.17) is 5.73 Å². The highest BCUT2D eigenvalue weighted by atomic mass is 32.1. The van der Waals surface area contributed by atoms with Crippen LogP contribution in [0.2, 0.25) is 0 Å². The fourth-order valence-electron chi connectivity index (χ4n) is 1.94. The van der Waals surface area contributed by atoms with E-state index in [0.717, 1.165) is 21.8 Å². The maximum Gasteiger partial charge on any atom is 0.267 e. The number of carbonyl (C=O) groups excluding carboxylic acids is 1. The Balaban J connectivity index is 2.32. The summed E-state index contributed by atoms with van der Waals surface area (Å²) < 4.78 is 0. The molecule has 1 amide bonds. The van der Waals surface area contributed by atoms with Gasteiger partial charge in [-0.15, -0.1) is 11.3 Å². The van der Waals surface area contributed by atoms with Crippen molar-refractivity contribution < 1.29 is 4.79 Å². The molecule has 0 aliphatic carbocycles. The van der Waals surface area contributed by atoms with Crippen molar-refractivity contribution in [2.45, 2.75) is 20.8 Å². The van der Waals surface area contributed by atoms with E-state index < -0.39 is 0 Å². The SMILES string of the molecule is Cc1ccc(C#CCN)c(NC(=O)c2sc(C)nc2C)c1. The minimum Gasteiger partial charge on any atom is -0.320 e. The molecular weight excluding hydrogens is 282 g/mol. The first-order valence-corrected chi connectivity index (χ1v) is 7.38. The maximum absolute atomic E-state index is 12.4. The first-order chi connectivity index (χ1) is 10.0. The normalized spacial score (nSPS) is 9.90. The lowest BCUT2D eigenvalue weighted by Crippen LogP contribution is -2.12. The van der Waals surface area contributed by atoms with Crippen LogP contribution < -0.4 is 11.1 Å². The van der Waals surface area contributed by atoms with Gasteiger partial charge >= 0.3 is 0 Å². The molecule has 0 saturated carbocycles. The number of nitrogens with two attached hydrogens (primary N) is 1. The maximum atomic E-state index is 12.4. The Kier molecular flexibility index (Phi) is 4.73. The number of nitrogens with one attached hydrogen (secondary N) is 1. The zero-order valence-corrected chi connectivity index (χ0v) is 13.1. The van der Waals surface area contributed by atoms with Gasteiger partial charge in [0.2, 0.25) is 0 Å². The Hall–Kier alpha value is -2.16. The van der Waals surface area contributed by atoms with Gasteiger partial charge in [-0.3, -0.25) is 4.79 Å². The van der Waals surface area contributed by atoms with E-state index in [1.807, 2.05) is 39.0 Å². The standard InChI is InChI=1S/C16H17N3OS/c1-10-6-7-13(5-4-8-17)14(9-10)19-16(20)15-11(2)18-12(3)21-15/h6-7,9H,8,17H2,1-3H3,(H,19,20). The van der Waals surface area contributed by atoms with Gasteiger partial charge in [-0.05, 0) is 38.5 Å². The van der Waals surface area contributed by atoms with Gasteiger partial charge in [0.05, 0.1) is 22.9 Å². The quantitative estimate of drug-likeness (QED) is 0.838. The van der Waals surface area contributed by atoms with Crippen LogP contribution in [0.15, 0.2) is 18.2 Å². The van der Waals surface area contributed by atoms with Crippen LogP contribution in [-0.4, -0.2) is 17.4 Å². The number of carbonyl (C=O) groups is 1. The summed E-state index contributed by atoms with van der Waals surface area (Å²) in [7, 11) is 0. The molecule has 0 aliphatic heterocycles. The number of nitrogens with zero attached hydrogens (tertiary/aromatic N) is 1. The zero-order chi connectivity index (χ0) is 15.4. The summed E-state index contributed by atoms with van der Waals surface area (Å²) in [5.41, 5.74) is 8.67. The molecule has 0 spiro atoms. The third-order valence-electron chi connectivity index (χ3n) is 2.86. The zero-order valence-electron chi connectivity index (χ0n) is 12.3. The summed E-state index contributed by atoms with van der Waals surface area (Å²) in [5, 5.41) is 3.80. The van der Waals surface area contributed by atoms with Gasteiger partial charge in [0.15, 0.2) is 0 Å². The van der Waals surface area contributed by atoms with E-state index in [-0.39, 0.29) is 12.5 Å². The van der Waals surface area contributed by atoms with E-state index in [1.165, 1.54) is 11.3 Å². The number of hydrogen-bond donors (Lipinski definition) is 2. The smallest absolute Gasteiger partial charge is 0.267 e.